The highest BCUT2D eigenvalue weighted by atomic mass is 32.1. The van der Waals surface area contributed by atoms with Crippen molar-refractivity contribution in [3.63, 3.8) is 0 Å². The van der Waals surface area contributed by atoms with Crippen LogP contribution >= 0.6 is 12.2 Å². The van der Waals surface area contributed by atoms with Gasteiger partial charge in [-0.25, -0.2) is 14.2 Å². The Morgan fingerprint density at radius 2 is 2.06 bits per heavy atom. The molecule has 90 valence electrons. The predicted octanol–water partition coefficient (Wildman–Crippen LogP) is 2.05. The fraction of sp³-hybridized carbons (Fsp3) is 0.545. The second kappa shape index (κ2) is 3.80. The topological polar surface area (TPSA) is 66.0 Å². The molecule has 2 heterocycles. The Balaban J connectivity index is 2.33. The number of aromatic amines is 2. The van der Waals surface area contributed by atoms with Gasteiger partial charge in [-0.2, -0.15) is 0 Å². The third kappa shape index (κ3) is 1.63. The molecule has 3 rings (SSSR count). The maximum atomic E-state index is 12.0. The Labute approximate surface area is 103 Å². The molecule has 0 aromatic carbocycles. The number of hydrogen-bond acceptors (Lipinski definition) is 3. The summed E-state index contributed by atoms with van der Waals surface area (Å²) in [6, 6.07) is 0. The zero-order chi connectivity index (χ0) is 12.0. The van der Waals surface area contributed by atoms with Crippen molar-refractivity contribution in [2.45, 2.75) is 38.5 Å². The molecule has 5 nitrogen and oxygen atoms in total. The summed E-state index contributed by atoms with van der Waals surface area (Å²) in [5, 5.41) is 0. The standard InChI is InChI=1S/C11H14N4OS/c1-6-8-13-10(17)14-11(16)15(8)9(12-6)7-4-2-3-5-7/h7H,2-5H2,1H3,(H2,13,14,16,17). The number of aromatic nitrogens is 4. The highest BCUT2D eigenvalue weighted by Gasteiger charge is 2.23. The number of nitrogens with one attached hydrogen (secondary N) is 2. The second-order valence-corrected chi connectivity index (χ2v) is 5.01. The summed E-state index contributed by atoms with van der Waals surface area (Å²) in [4.78, 5) is 22.1. The molecule has 0 spiro atoms. The van der Waals surface area contributed by atoms with Crippen LogP contribution < -0.4 is 5.69 Å². The highest BCUT2D eigenvalue weighted by Crippen LogP contribution is 2.33. The number of H-pyrrole nitrogens is 2. The average Bonchev–Trinajstić information content (AvgIpc) is 2.86. The summed E-state index contributed by atoms with van der Waals surface area (Å²) < 4.78 is 1.99. The van der Waals surface area contributed by atoms with Crippen LogP contribution in [0.1, 0.15) is 43.1 Å². The lowest BCUT2D eigenvalue weighted by molar-refractivity contribution is 0.653. The highest BCUT2D eigenvalue weighted by molar-refractivity contribution is 7.71. The summed E-state index contributed by atoms with van der Waals surface area (Å²) in [6.45, 7) is 1.90. The van der Waals surface area contributed by atoms with Gasteiger partial charge in [-0.05, 0) is 32.0 Å². The maximum Gasteiger partial charge on any atom is 0.334 e. The van der Waals surface area contributed by atoms with Crippen molar-refractivity contribution in [1.29, 1.82) is 0 Å². The van der Waals surface area contributed by atoms with E-state index < -0.39 is 0 Å². The largest absolute Gasteiger partial charge is 0.334 e. The van der Waals surface area contributed by atoms with Gasteiger partial charge in [0.15, 0.2) is 4.77 Å². The SMILES string of the molecule is Cc1nc(C2CCCC2)n2c(=O)[nH]c(=S)[nH]c12. The number of nitrogens with zero attached hydrogens (tertiary/aromatic N) is 2. The van der Waals surface area contributed by atoms with Gasteiger partial charge in [0, 0.05) is 5.92 Å². The van der Waals surface area contributed by atoms with Crippen LogP contribution in [0.3, 0.4) is 0 Å². The molecule has 0 aliphatic heterocycles. The molecule has 2 aromatic rings. The molecule has 6 heteroatoms. The molecule has 0 radical (unpaired) electrons. The van der Waals surface area contributed by atoms with Crippen molar-refractivity contribution in [2.24, 2.45) is 0 Å². The first-order chi connectivity index (χ1) is 8.16. The van der Waals surface area contributed by atoms with Crippen LogP contribution in [-0.2, 0) is 0 Å². The van der Waals surface area contributed by atoms with Crippen molar-refractivity contribution >= 4 is 17.9 Å². The minimum Gasteiger partial charge on any atom is -0.316 e. The number of rotatable bonds is 1. The Morgan fingerprint density at radius 3 is 2.76 bits per heavy atom. The Bertz CT molecular complexity index is 675. The molecule has 1 saturated carbocycles. The van der Waals surface area contributed by atoms with Crippen molar-refractivity contribution in [3.05, 3.63) is 26.8 Å². The van der Waals surface area contributed by atoms with E-state index in [1.54, 1.807) is 4.40 Å². The van der Waals surface area contributed by atoms with Crippen molar-refractivity contribution in [3.8, 4) is 0 Å². The van der Waals surface area contributed by atoms with Crippen LogP contribution in [0.25, 0.3) is 5.65 Å². The normalized spacial score (nSPS) is 17.0. The van der Waals surface area contributed by atoms with Gasteiger partial charge in [0.25, 0.3) is 0 Å². The number of imidazole rings is 1. The molecular weight excluding hydrogens is 236 g/mol. The number of aryl methyl sites for hydroxylation is 1. The Kier molecular flexibility index (Phi) is 2.39. The van der Waals surface area contributed by atoms with E-state index in [1.807, 2.05) is 6.92 Å². The fourth-order valence-electron chi connectivity index (χ4n) is 2.65. The minimum absolute atomic E-state index is 0.189. The van der Waals surface area contributed by atoms with Crippen LogP contribution in [-0.4, -0.2) is 19.4 Å². The average molecular weight is 250 g/mol. The molecule has 0 atom stereocenters. The monoisotopic (exact) mass is 250 g/mol. The number of fused-ring (bicyclic) bond motifs is 1. The van der Waals surface area contributed by atoms with Gasteiger partial charge in [-0.1, -0.05) is 12.8 Å². The van der Waals surface area contributed by atoms with E-state index in [0.717, 1.165) is 30.0 Å². The van der Waals surface area contributed by atoms with Gasteiger partial charge < -0.3 is 4.98 Å². The van der Waals surface area contributed by atoms with E-state index in [2.05, 4.69) is 15.0 Å². The molecule has 0 saturated heterocycles. The Morgan fingerprint density at radius 1 is 1.35 bits per heavy atom. The third-order valence-electron chi connectivity index (χ3n) is 3.45. The van der Waals surface area contributed by atoms with E-state index in [0.29, 0.717) is 10.7 Å². The summed E-state index contributed by atoms with van der Waals surface area (Å²) >= 11 is 4.98. The van der Waals surface area contributed by atoms with E-state index in [-0.39, 0.29) is 5.69 Å². The molecule has 2 N–H and O–H groups in total. The van der Waals surface area contributed by atoms with Crippen LogP contribution in [0.15, 0.2) is 4.79 Å². The smallest absolute Gasteiger partial charge is 0.316 e. The maximum absolute atomic E-state index is 12.0. The van der Waals surface area contributed by atoms with Gasteiger partial charge in [-0.15, -0.1) is 0 Å². The first kappa shape index (κ1) is 10.7. The minimum atomic E-state index is -0.189. The summed E-state index contributed by atoms with van der Waals surface area (Å²) in [5.41, 5.74) is 1.37. The van der Waals surface area contributed by atoms with Crippen LogP contribution in [0.2, 0.25) is 0 Å². The first-order valence-electron chi connectivity index (χ1n) is 5.88. The summed E-state index contributed by atoms with van der Waals surface area (Å²) in [5.74, 6) is 1.28. The van der Waals surface area contributed by atoms with Gasteiger partial charge in [0.2, 0.25) is 0 Å². The lowest BCUT2D eigenvalue weighted by Gasteiger charge is -2.06. The van der Waals surface area contributed by atoms with Crippen LogP contribution in [0.5, 0.6) is 0 Å². The molecule has 0 amide bonds. The molecule has 17 heavy (non-hydrogen) atoms. The quantitative estimate of drug-likeness (QED) is 0.761. The molecule has 0 bridgehead atoms. The first-order valence-corrected chi connectivity index (χ1v) is 6.29. The molecule has 1 aliphatic rings. The van der Waals surface area contributed by atoms with Crippen molar-refractivity contribution in [2.75, 3.05) is 0 Å². The van der Waals surface area contributed by atoms with Gasteiger partial charge in [0.1, 0.15) is 11.5 Å². The van der Waals surface area contributed by atoms with Crippen LogP contribution in [0.4, 0.5) is 0 Å². The van der Waals surface area contributed by atoms with Crippen LogP contribution in [0, 0.1) is 11.7 Å². The lowest BCUT2D eigenvalue weighted by atomic mass is 10.1. The van der Waals surface area contributed by atoms with E-state index in [9.17, 15) is 4.79 Å². The summed E-state index contributed by atoms with van der Waals surface area (Å²) in [7, 11) is 0. The van der Waals surface area contributed by atoms with Gasteiger partial charge in [0.05, 0.1) is 5.69 Å². The predicted molar refractivity (Wildman–Crippen MR) is 66.9 cm³/mol. The summed E-state index contributed by atoms with van der Waals surface area (Å²) in [6.07, 6.45) is 4.68. The molecule has 0 unspecified atom stereocenters. The fourth-order valence-corrected chi connectivity index (χ4v) is 2.84. The zero-order valence-electron chi connectivity index (χ0n) is 9.62. The molecule has 1 fully saturated rings. The van der Waals surface area contributed by atoms with Gasteiger partial charge in [-0.3, -0.25) is 4.98 Å². The molecule has 2 aromatic heterocycles. The van der Waals surface area contributed by atoms with E-state index >= 15 is 0 Å². The van der Waals surface area contributed by atoms with E-state index in [4.69, 9.17) is 12.2 Å². The van der Waals surface area contributed by atoms with Crippen molar-refractivity contribution < 1.29 is 0 Å². The lowest BCUT2D eigenvalue weighted by Crippen LogP contribution is -2.20. The molecule has 1 aliphatic carbocycles. The second-order valence-electron chi connectivity index (χ2n) is 4.61. The third-order valence-corrected chi connectivity index (χ3v) is 3.66. The zero-order valence-corrected chi connectivity index (χ0v) is 10.4. The number of hydrogen-bond donors (Lipinski definition) is 2. The van der Waals surface area contributed by atoms with Gasteiger partial charge >= 0.3 is 5.69 Å². The van der Waals surface area contributed by atoms with E-state index in [1.165, 1.54) is 12.8 Å². The Hall–Kier alpha value is -1.43. The molecular formula is C11H14N4OS. The van der Waals surface area contributed by atoms with Crippen molar-refractivity contribution in [1.82, 2.24) is 19.4 Å².